The summed E-state index contributed by atoms with van der Waals surface area (Å²) < 4.78 is 51.4. The number of hydrogen-bond acceptors (Lipinski definition) is 3. The largest absolute Gasteiger partial charge is 0.500 e. The lowest BCUT2D eigenvalue weighted by Gasteiger charge is -2.24. The highest BCUT2D eigenvalue weighted by atomic mass is 28.4. The van der Waals surface area contributed by atoms with Crippen molar-refractivity contribution in [3.63, 3.8) is 0 Å². The van der Waals surface area contributed by atoms with Gasteiger partial charge < -0.3 is 13.3 Å². The number of halogens is 3. The van der Waals surface area contributed by atoms with E-state index in [4.69, 9.17) is 13.3 Å². The molecule has 0 atom stereocenters. The van der Waals surface area contributed by atoms with E-state index in [1.54, 1.807) is 21.3 Å². The van der Waals surface area contributed by atoms with Gasteiger partial charge in [-0.15, -0.1) is 0 Å². The van der Waals surface area contributed by atoms with Gasteiger partial charge in [0, 0.05) is 33.8 Å². The molecule has 0 bridgehead atoms. The van der Waals surface area contributed by atoms with Crippen molar-refractivity contribution in [3.05, 3.63) is 0 Å². The second-order valence-electron chi connectivity index (χ2n) is 4.18. The molecular formula is C11H23F3O3Si. The van der Waals surface area contributed by atoms with E-state index in [1.165, 1.54) is 0 Å². The summed E-state index contributed by atoms with van der Waals surface area (Å²) in [6.07, 6.45) is -1.34. The quantitative estimate of drug-likeness (QED) is 0.452. The molecule has 110 valence electrons. The zero-order valence-corrected chi connectivity index (χ0v) is 12.3. The maximum absolute atomic E-state index is 11.9. The van der Waals surface area contributed by atoms with Gasteiger partial charge in [-0.2, -0.15) is 13.2 Å². The molecule has 18 heavy (non-hydrogen) atoms. The fraction of sp³-hybridized carbons (Fsp3) is 1.00. The predicted molar refractivity (Wildman–Crippen MR) is 65.3 cm³/mol. The third-order valence-electron chi connectivity index (χ3n) is 2.88. The molecular weight excluding hydrogens is 265 g/mol. The van der Waals surface area contributed by atoms with Crippen molar-refractivity contribution in [2.75, 3.05) is 21.3 Å². The van der Waals surface area contributed by atoms with Crippen LogP contribution in [0.4, 0.5) is 13.2 Å². The van der Waals surface area contributed by atoms with Gasteiger partial charge in [0.05, 0.1) is 0 Å². The lowest BCUT2D eigenvalue weighted by atomic mass is 10.1. The van der Waals surface area contributed by atoms with Crippen LogP contribution in [-0.2, 0) is 13.3 Å². The van der Waals surface area contributed by atoms with Crippen LogP contribution in [0.5, 0.6) is 0 Å². The maximum Gasteiger partial charge on any atom is 0.500 e. The summed E-state index contributed by atoms with van der Waals surface area (Å²) in [7, 11) is 2.18. The van der Waals surface area contributed by atoms with E-state index < -0.39 is 21.4 Å². The van der Waals surface area contributed by atoms with E-state index in [2.05, 4.69) is 0 Å². The SMILES string of the molecule is CO[Si](CCCCCCCC(F)(F)F)(OC)OC. The summed E-state index contributed by atoms with van der Waals surface area (Å²) in [5.41, 5.74) is 0. The molecule has 0 fully saturated rings. The average Bonchev–Trinajstić information content (AvgIpc) is 2.32. The first-order valence-corrected chi connectivity index (χ1v) is 8.04. The third-order valence-corrected chi connectivity index (χ3v) is 5.71. The van der Waals surface area contributed by atoms with Crippen molar-refractivity contribution in [1.29, 1.82) is 0 Å². The second kappa shape index (κ2) is 8.90. The molecule has 7 heteroatoms. The molecule has 0 spiro atoms. The van der Waals surface area contributed by atoms with Crippen molar-refractivity contribution < 1.29 is 26.4 Å². The molecule has 0 aliphatic rings. The first-order chi connectivity index (χ1) is 8.39. The summed E-state index contributed by atoms with van der Waals surface area (Å²) in [4.78, 5) is 0. The fourth-order valence-corrected chi connectivity index (χ4v) is 3.55. The Hall–Kier alpha value is -0.113. The Morgan fingerprint density at radius 3 is 1.67 bits per heavy atom. The Morgan fingerprint density at radius 1 is 0.778 bits per heavy atom. The first-order valence-electron chi connectivity index (χ1n) is 6.11. The molecule has 0 aromatic rings. The molecule has 0 saturated heterocycles. The van der Waals surface area contributed by atoms with E-state index in [0.717, 1.165) is 19.3 Å². The van der Waals surface area contributed by atoms with Crippen LogP contribution in [-0.4, -0.2) is 36.3 Å². The highest BCUT2D eigenvalue weighted by Crippen LogP contribution is 2.23. The normalized spacial score (nSPS) is 13.0. The summed E-state index contributed by atoms with van der Waals surface area (Å²) in [6, 6.07) is 0.704. The van der Waals surface area contributed by atoms with Crippen LogP contribution in [0, 0.1) is 0 Å². The average molecular weight is 288 g/mol. The number of alkyl halides is 3. The topological polar surface area (TPSA) is 27.7 Å². The lowest BCUT2D eigenvalue weighted by Crippen LogP contribution is -2.42. The fourth-order valence-electron chi connectivity index (χ4n) is 1.75. The molecule has 0 N–H and O–H groups in total. The molecule has 0 aromatic heterocycles. The summed E-state index contributed by atoms with van der Waals surface area (Å²) >= 11 is 0. The van der Waals surface area contributed by atoms with Crippen LogP contribution < -0.4 is 0 Å². The Bertz CT molecular complexity index is 200. The van der Waals surface area contributed by atoms with Gasteiger partial charge in [0.25, 0.3) is 0 Å². The lowest BCUT2D eigenvalue weighted by molar-refractivity contribution is -0.135. The molecule has 0 saturated carbocycles. The van der Waals surface area contributed by atoms with E-state index in [0.29, 0.717) is 12.5 Å². The molecule has 3 nitrogen and oxygen atoms in total. The third kappa shape index (κ3) is 8.07. The van der Waals surface area contributed by atoms with Crippen LogP contribution in [0.15, 0.2) is 0 Å². The smallest absolute Gasteiger partial charge is 0.377 e. The van der Waals surface area contributed by atoms with Crippen molar-refractivity contribution in [2.45, 2.75) is 50.7 Å². The number of rotatable bonds is 10. The van der Waals surface area contributed by atoms with E-state index >= 15 is 0 Å². The molecule has 0 radical (unpaired) electrons. The van der Waals surface area contributed by atoms with Crippen LogP contribution >= 0.6 is 0 Å². The number of unbranched alkanes of at least 4 members (excludes halogenated alkanes) is 4. The minimum atomic E-state index is -4.02. The van der Waals surface area contributed by atoms with Crippen LogP contribution in [0.25, 0.3) is 0 Å². The molecule has 0 aromatic carbocycles. The van der Waals surface area contributed by atoms with Crippen molar-refractivity contribution in [3.8, 4) is 0 Å². The Balaban J connectivity index is 3.56. The highest BCUT2D eigenvalue weighted by molar-refractivity contribution is 6.60. The van der Waals surface area contributed by atoms with E-state index in [1.807, 2.05) is 0 Å². The van der Waals surface area contributed by atoms with Gasteiger partial charge in [0.15, 0.2) is 0 Å². The molecule has 0 amide bonds. The monoisotopic (exact) mass is 288 g/mol. The van der Waals surface area contributed by atoms with Crippen molar-refractivity contribution in [1.82, 2.24) is 0 Å². The van der Waals surface area contributed by atoms with Gasteiger partial charge in [-0.05, 0) is 12.8 Å². The summed E-state index contributed by atoms with van der Waals surface area (Å²) in [6.45, 7) is 0. The van der Waals surface area contributed by atoms with Gasteiger partial charge in [-0.25, -0.2) is 0 Å². The van der Waals surface area contributed by atoms with Gasteiger partial charge in [-0.1, -0.05) is 19.3 Å². The van der Waals surface area contributed by atoms with Crippen molar-refractivity contribution in [2.24, 2.45) is 0 Å². The molecule has 0 aliphatic carbocycles. The Labute approximate surface area is 108 Å². The standard InChI is InChI=1S/C11H23F3O3Si/c1-15-18(16-2,17-3)10-8-6-4-5-7-9-11(12,13)14/h4-10H2,1-3H3. The van der Waals surface area contributed by atoms with Crippen LogP contribution in [0.2, 0.25) is 6.04 Å². The van der Waals surface area contributed by atoms with Gasteiger partial charge in [-0.3, -0.25) is 0 Å². The second-order valence-corrected chi connectivity index (χ2v) is 7.27. The first kappa shape index (κ1) is 17.9. The highest BCUT2D eigenvalue weighted by Gasteiger charge is 2.36. The van der Waals surface area contributed by atoms with Crippen LogP contribution in [0.1, 0.15) is 38.5 Å². The zero-order chi connectivity index (χ0) is 14.1. The molecule has 0 heterocycles. The Kier molecular flexibility index (Phi) is 8.84. The predicted octanol–water partition coefficient (Wildman–Crippen LogP) is 3.77. The van der Waals surface area contributed by atoms with Gasteiger partial charge >= 0.3 is 15.0 Å². The van der Waals surface area contributed by atoms with E-state index in [9.17, 15) is 13.2 Å². The Morgan fingerprint density at radius 2 is 1.22 bits per heavy atom. The zero-order valence-electron chi connectivity index (χ0n) is 11.3. The molecule has 0 unspecified atom stereocenters. The van der Waals surface area contributed by atoms with Crippen molar-refractivity contribution >= 4 is 8.80 Å². The van der Waals surface area contributed by atoms with Crippen LogP contribution in [0.3, 0.4) is 0 Å². The summed E-state index contributed by atoms with van der Waals surface area (Å²) in [5, 5.41) is 0. The van der Waals surface area contributed by atoms with E-state index in [-0.39, 0.29) is 6.42 Å². The molecule has 0 aliphatic heterocycles. The minimum Gasteiger partial charge on any atom is -0.377 e. The number of hydrogen-bond donors (Lipinski definition) is 0. The summed E-state index contributed by atoms with van der Waals surface area (Å²) in [5.74, 6) is 0. The van der Waals surface area contributed by atoms with Gasteiger partial charge in [0.2, 0.25) is 0 Å². The minimum absolute atomic E-state index is 0.213. The van der Waals surface area contributed by atoms with Gasteiger partial charge in [0.1, 0.15) is 0 Å². The maximum atomic E-state index is 11.9. The molecule has 0 rings (SSSR count).